The van der Waals surface area contributed by atoms with Crippen LogP contribution in [0.3, 0.4) is 0 Å². The highest BCUT2D eigenvalue weighted by Gasteiger charge is 2.69. The molecule has 4 fully saturated rings. The molecular weight excluding hydrogens is 638 g/mol. The molecule has 6 nitrogen and oxygen atoms in total. The van der Waals surface area contributed by atoms with E-state index >= 15 is 0 Å². The van der Waals surface area contributed by atoms with Gasteiger partial charge in [0.05, 0.1) is 17.3 Å². The van der Waals surface area contributed by atoms with Gasteiger partial charge in [0.1, 0.15) is 18.1 Å². The number of esters is 1. The molecule has 248 valence electrons. The molecular formula is C39H52BrN3O3. The predicted molar refractivity (Wildman–Crippen MR) is 183 cm³/mol. The third-order valence-electron chi connectivity index (χ3n) is 15.1. The summed E-state index contributed by atoms with van der Waals surface area (Å²) in [6.45, 7) is 17.0. The molecule has 0 amide bonds. The summed E-state index contributed by atoms with van der Waals surface area (Å²) < 4.78 is 8.93. The van der Waals surface area contributed by atoms with Crippen LogP contribution in [0.2, 0.25) is 0 Å². The number of halogens is 1. The Hall–Kier alpha value is -2.28. The van der Waals surface area contributed by atoms with Gasteiger partial charge in [-0.25, -0.2) is 4.68 Å². The van der Waals surface area contributed by atoms with Gasteiger partial charge in [0.15, 0.2) is 0 Å². The van der Waals surface area contributed by atoms with Crippen molar-refractivity contribution in [3.8, 4) is 5.69 Å². The molecule has 0 saturated heterocycles. The first kappa shape index (κ1) is 32.3. The summed E-state index contributed by atoms with van der Waals surface area (Å²) in [6, 6.07) is 7.91. The Morgan fingerprint density at radius 2 is 1.80 bits per heavy atom. The van der Waals surface area contributed by atoms with Gasteiger partial charge in [-0.1, -0.05) is 87.3 Å². The average molecular weight is 691 g/mol. The number of hydrogen-bond acceptors (Lipinski definition) is 5. The molecule has 0 bridgehead atoms. The lowest BCUT2D eigenvalue weighted by Crippen LogP contribution is -2.65. The topological polar surface area (TPSA) is 74.1 Å². The summed E-state index contributed by atoms with van der Waals surface area (Å²) >= 11 is 3.53. The summed E-state index contributed by atoms with van der Waals surface area (Å²) in [5, 5.41) is 8.64. The number of ketones is 1. The predicted octanol–water partition coefficient (Wildman–Crippen LogP) is 9.30. The van der Waals surface area contributed by atoms with Crippen molar-refractivity contribution in [3.63, 3.8) is 0 Å². The lowest BCUT2D eigenvalue weighted by Gasteiger charge is -2.70. The van der Waals surface area contributed by atoms with Crippen LogP contribution in [-0.4, -0.2) is 26.7 Å². The van der Waals surface area contributed by atoms with E-state index in [9.17, 15) is 9.59 Å². The Labute approximate surface area is 283 Å². The molecule has 0 aliphatic heterocycles. The third-order valence-corrected chi connectivity index (χ3v) is 15.6. The second-order valence-electron chi connectivity index (χ2n) is 17.2. The number of hydrogen-bond donors (Lipinski definition) is 0. The highest BCUT2D eigenvalue weighted by atomic mass is 79.9. The molecule has 1 aromatic heterocycles. The van der Waals surface area contributed by atoms with E-state index in [0.29, 0.717) is 41.6 Å². The molecule has 0 unspecified atom stereocenters. The van der Waals surface area contributed by atoms with Gasteiger partial charge < -0.3 is 4.74 Å². The van der Waals surface area contributed by atoms with E-state index in [1.807, 2.05) is 30.5 Å². The van der Waals surface area contributed by atoms with Crippen molar-refractivity contribution in [2.75, 3.05) is 0 Å². The minimum absolute atomic E-state index is 0.0297. The van der Waals surface area contributed by atoms with Crippen molar-refractivity contribution >= 4 is 27.7 Å². The Morgan fingerprint density at radius 3 is 2.57 bits per heavy atom. The van der Waals surface area contributed by atoms with E-state index in [1.165, 1.54) is 0 Å². The first-order valence-electron chi connectivity index (χ1n) is 17.8. The molecule has 4 saturated carbocycles. The van der Waals surface area contributed by atoms with Crippen LogP contribution in [-0.2, 0) is 20.9 Å². The third kappa shape index (κ3) is 4.45. The number of Topliss-reactive ketones (excluding diaryl/α,β-unsaturated/α-hetero) is 1. The number of rotatable bonds is 4. The molecule has 1 heterocycles. The largest absolute Gasteiger partial charge is 0.459 e. The number of fused-ring (bicyclic) bond motifs is 7. The van der Waals surface area contributed by atoms with Crippen LogP contribution in [0.15, 0.2) is 46.6 Å². The Kier molecular flexibility index (Phi) is 7.62. The summed E-state index contributed by atoms with van der Waals surface area (Å²) in [6.07, 6.45) is 13.3. The number of benzene rings is 1. The maximum Gasteiger partial charge on any atom is 0.313 e. The van der Waals surface area contributed by atoms with E-state index < -0.39 is 5.41 Å². The van der Waals surface area contributed by atoms with E-state index in [1.54, 1.807) is 10.3 Å². The lowest BCUT2D eigenvalue weighted by atomic mass is 9.33. The van der Waals surface area contributed by atoms with Gasteiger partial charge in [-0.15, -0.1) is 5.10 Å². The SMILES string of the molecule is C[C@H]1[C@H](C)CC[C@]2(C(=O)OCc3cn(-c4cccc(Br)c4)nn3)CC[C@]3(C)C(=CC[C@@H]4[C@@]5(C)CCC(=O)C(C)(C)[C@@H]5CC[C@]43C)[C@H]12. The zero-order valence-corrected chi connectivity index (χ0v) is 30.5. The van der Waals surface area contributed by atoms with Gasteiger partial charge in [-0.3, -0.25) is 9.59 Å². The Morgan fingerprint density at radius 1 is 1.02 bits per heavy atom. The average Bonchev–Trinajstić information content (AvgIpc) is 3.49. The van der Waals surface area contributed by atoms with Crippen LogP contribution >= 0.6 is 15.9 Å². The normalized spacial score (nSPS) is 41.3. The fourth-order valence-corrected chi connectivity index (χ4v) is 12.4. The van der Waals surface area contributed by atoms with Crippen LogP contribution in [0.1, 0.15) is 112 Å². The van der Waals surface area contributed by atoms with Gasteiger partial charge in [0.2, 0.25) is 0 Å². The maximum absolute atomic E-state index is 14.4. The monoisotopic (exact) mass is 689 g/mol. The van der Waals surface area contributed by atoms with E-state index in [4.69, 9.17) is 4.74 Å². The van der Waals surface area contributed by atoms with Crippen molar-refractivity contribution in [3.05, 3.63) is 52.3 Å². The highest BCUT2D eigenvalue weighted by molar-refractivity contribution is 9.10. The zero-order chi connectivity index (χ0) is 32.9. The number of nitrogens with zero attached hydrogens (tertiary/aromatic N) is 3. The number of carbonyl (C=O) groups is 2. The molecule has 2 aromatic rings. The van der Waals surface area contributed by atoms with E-state index in [2.05, 4.69) is 80.8 Å². The quantitative estimate of drug-likeness (QED) is 0.236. The van der Waals surface area contributed by atoms with Gasteiger partial charge in [-0.2, -0.15) is 0 Å². The van der Waals surface area contributed by atoms with E-state index in [-0.39, 0.29) is 40.2 Å². The molecule has 46 heavy (non-hydrogen) atoms. The molecule has 5 aliphatic rings. The summed E-state index contributed by atoms with van der Waals surface area (Å²) in [7, 11) is 0. The van der Waals surface area contributed by atoms with Crippen molar-refractivity contribution in [1.82, 2.24) is 15.0 Å². The van der Waals surface area contributed by atoms with Crippen LogP contribution in [0.5, 0.6) is 0 Å². The minimum Gasteiger partial charge on any atom is -0.459 e. The summed E-state index contributed by atoms with van der Waals surface area (Å²) in [5.41, 5.74) is 2.68. The van der Waals surface area contributed by atoms with Crippen LogP contribution in [0.25, 0.3) is 5.69 Å². The zero-order valence-electron chi connectivity index (χ0n) is 28.9. The number of ether oxygens (including phenoxy) is 1. The molecule has 9 atom stereocenters. The van der Waals surface area contributed by atoms with Crippen LogP contribution in [0, 0.1) is 56.7 Å². The highest BCUT2D eigenvalue weighted by Crippen LogP contribution is 2.75. The smallest absolute Gasteiger partial charge is 0.313 e. The lowest BCUT2D eigenvalue weighted by molar-refractivity contribution is -0.193. The molecule has 7 heteroatoms. The number of carbonyl (C=O) groups excluding carboxylic acids is 2. The van der Waals surface area contributed by atoms with Gasteiger partial charge >= 0.3 is 5.97 Å². The molecule has 5 aliphatic carbocycles. The van der Waals surface area contributed by atoms with Gasteiger partial charge in [-0.05, 0) is 115 Å². The summed E-state index contributed by atoms with van der Waals surface area (Å²) in [4.78, 5) is 27.6. The first-order chi connectivity index (χ1) is 21.7. The van der Waals surface area contributed by atoms with Gasteiger partial charge in [0.25, 0.3) is 0 Å². The van der Waals surface area contributed by atoms with Gasteiger partial charge in [0, 0.05) is 16.3 Å². The van der Waals surface area contributed by atoms with Crippen LogP contribution < -0.4 is 0 Å². The fraction of sp³-hybridized carbons (Fsp3) is 0.692. The fourth-order valence-electron chi connectivity index (χ4n) is 12.0. The molecule has 0 spiro atoms. The van der Waals surface area contributed by atoms with E-state index in [0.717, 1.165) is 61.5 Å². The van der Waals surface area contributed by atoms with Crippen molar-refractivity contribution in [2.24, 2.45) is 56.7 Å². The minimum atomic E-state index is -0.499. The molecule has 0 radical (unpaired) electrons. The second kappa shape index (κ2) is 10.9. The van der Waals surface area contributed by atoms with Crippen molar-refractivity contribution < 1.29 is 14.3 Å². The molecule has 1 aromatic carbocycles. The number of allylic oxidation sites excluding steroid dienone is 2. The van der Waals surface area contributed by atoms with Crippen molar-refractivity contribution in [2.45, 2.75) is 113 Å². The maximum atomic E-state index is 14.4. The molecule has 7 rings (SSSR count). The Bertz CT molecular complexity index is 1600. The molecule has 0 N–H and O–H groups in total. The second-order valence-corrected chi connectivity index (χ2v) is 18.1. The van der Waals surface area contributed by atoms with Crippen LogP contribution in [0.4, 0.5) is 0 Å². The van der Waals surface area contributed by atoms with Crippen molar-refractivity contribution in [1.29, 1.82) is 0 Å². The number of aromatic nitrogens is 3. The first-order valence-corrected chi connectivity index (χ1v) is 18.5. The summed E-state index contributed by atoms with van der Waals surface area (Å²) in [5.74, 6) is 2.54. The standard InChI is InChI=1S/C39H52BrN3O3/c1-24-13-18-39(34(45)46-23-27-22-43(42-41-27)28-10-8-9-26(40)21-28)20-19-37(6)29(33(39)25(24)2)11-12-31-36(5)16-15-32(44)35(3,4)30(36)14-17-38(31,37)7/h8-11,21-22,24-25,30-31,33H,12-20,23H2,1-7H3/t24-,25+,30+,31-,33+,36+,37-,38-,39+/m1/s1. The Balaban J connectivity index is 1.19.